The molecule has 0 fully saturated rings. The van der Waals surface area contributed by atoms with Crippen molar-refractivity contribution >= 4 is 18.0 Å². The van der Waals surface area contributed by atoms with Crippen LogP contribution in [-0.2, 0) is 21.9 Å². The largest absolute Gasteiger partial charge is 0.744 e. The Balaban J connectivity index is 0.000000289. The van der Waals surface area contributed by atoms with Crippen LogP contribution >= 0.6 is 7.92 Å². The van der Waals surface area contributed by atoms with E-state index in [2.05, 4.69) is 76.1 Å². The molecule has 1 heterocycles. The highest BCUT2D eigenvalue weighted by atomic mass is 32.2. The molecule has 0 saturated heterocycles. The topological polar surface area (TPSA) is 66.0 Å². The smallest absolute Gasteiger partial charge is 0.244 e. The minimum Gasteiger partial charge on any atom is -0.744 e. The first-order valence-electron chi connectivity index (χ1n) is 8.92. The molecule has 2 rings (SSSR count). The molecule has 0 aliphatic heterocycles. The summed E-state index contributed by atoms with van der Waals surface area (Å²) >= 11 is 0. The molecule has 0 N–H and O–H groups in total. The number of rotatable bonds is 3. The molecule has 5 nitrogen and oxygen atoms in total. The monoisotopic (exact) mass is 412 g/mol. The van der Waals surface area contributed by atoms with Crippen molar-refractivity contribution in [3.63, 3.8) is 0 Å². The highest BCUT2D eigenvalue weighted by molar-refractivity contribution is 7.85. The predicted molar refractivity (Wildman–Crippen MR) is 111 cm³/mol. The van der Waals surface area contributed by atoms with Crippen LogP contribution in [0.5, 0.6) is 0 Å². The molecule has 0 aliphatic carbocycles. The molecule has 0 radical (unpaired) electrons. The zero-order valence-electron chi connectivity index (χ0n) is 17.7. The molecule has 1 aromatic heterocycles. The second kappa shape index (κ2) is 8.85. The molecule has 7 heteroatoms. The lowest BCUT2D eigenvalue weighted by molar-refractivity contribution is -0.753. The van der Waals surface area contributed by atoms with E-state index < -0.39 is 10.1 Å². The van der Waals surface area contributed by atoms with Gasteiger partial charge in [0.2, 0.25) is 6.33 Å². The number of benzene rings is 1. The third-order valence-corrected chi connectivity index (χ3v) is 8.19. The summed E-state index contributed by atoms with van der Waals surface area (Å²) in [5, 5.41) is 0.437. The molecular weight excluding hydrogens is 379 g/mol. The number of aromatic nitrogens is 2. The Morgan fingerprint density at radius 1 is 1.07 bits per heavy atom. The Morgan fingerprint density at radius 3 is 1.96 bits per heavy atom. The van der Waals surface area contributed by atoms with Crippen molar-refractivity contribution < 1.29 is 17.5 Å². The van der Waals surface area contributed by atoms with Crippen LogP contribution < -0.4 is 4.57 Å². The molecule has 1 aromatic carbocycles. The molecule has 27 heavy (non-hydrogen) atoms. The van der Waals surface area contributed by atoms with Crippen LogP contribution in [0.15, 0.2) is 47.9 Å². The summed E-state index contributed by atoms with van der Waals surface area (Å²) in [5.74, 6) is 0. The third-order valence-electron chi connectivity index (χ3n) is 4.30. The van der Waals surface area contributed by atoms with Crippen molar-refractivity contribution in [2.24, 2.45) is 0 Å². The molecule has 0 aliphatic rings. The van der Waals surface area contributed by atoms with Gasteiger partial charge in [-0.3, -0.25) is 0 Å². The van der Waals surface area contributed by atoms with E-state index in [4.69, 9.17) is 0 Å². The van der Waals surface area contributed by atoms with E-state index >= 15 is 0 Å². The second-order valence-electron chi connectivity index (χ2n) is 8.78. The summed E-state index contributed by atoms with van der Waals surface area (Å²) in [6.45, 7) is 17.9. The lowest BCUT2D eigenvalue weighted by Crippen LogP contribution is -2.48. The molecule has 0 spiro atoms. The normalized spacial score (nSPS) is 13.7. The molecule has 1 atom stereocenters. The van der Waals surface area contributed by atoms with Gasteiger partial charge in [0.25, 0.3) is 0 Å². The van der Waals surface area contributed by atoms with E-state index in [0.29, 0.717) is 5.16 Å². The van der Waals surface area contributed by atoms with Crippen molar-refractivity contribution in [3.8, 4) is 0 Å². The van der Waals surface area contributed by atoms with E-state index in [-0.39, 0.29) is 18.4 Å². The zero-order chi connectivity index (χ0) is 21.0. The Morgan fingerprint density at radius 2 is 1.59 bits per heavy atom. The fourth-order valence-corrected chi connectivity index (χ4v) is 3.59. The van der Waals surface area contributed by atoms with E-state index in [1.807, 2.05) is 6.92 Å². The molecule has 0 amide bonds. The molecule has 1 unspecified atom stereocenters. The highest BCUT2D eigenvalue weighted by Crippen LogP contribution is 2.46. The lowest BCUT2D eigenvalue weighted by atomic mass is 10.1. The van der Waals surface area contributed by atoms with Crippen LogP contribution in [0.25, 0.3) is 0 Å². The van der Waals surface area contributed by atoms with Crippen LogP contribution in [0.2, 0.25) is 0 Å². The van der Waals surface area contributed by atoms with E-state index in [1.54, 1.807) is 12.1 Å². The van der Waals surface area contributed by atoms with Crippen molar-refractivity contribution in [3.05, 3.63) is 48.5 Å². The molecular formula is C20H33N2O3PS. The Hall–Kier alpha value is -1.23. The van der Waals surface area contributed by atoms with Crippen LogP contribution in [0.3, 0.4) is 0 Å². The van der Waals surface area contributed by atoms with Crippen molar-refractivity contribution in [1.82, 2.24) is 4.57 Å². The predicted octanol–water partition coefficient (Wildman–Crippen LogP) is 4.30. The number of hydrogen-bond acceptors (Lipinski definition) is 3. The van der Waals surface area contributed by atoms with Gasteiger partial charge >= 0.3 is 0 Å². The Labute approximate surface area is 165 Å². The maximum atomic E-state index is 10.4. The van der Waals surface area contributed by atoms with E-state index in [9.17, 15) is 13.0 Å². The third kappa shape index (κ3) is 8.12. The van der Waals surface area contributed by atoms with Gasteiger partial charge < -0.3 is 4.55 Å². The van der Waals surface area contributed by atoms with Gasteiger partial charge in [-0.15, -0.1) is 0 Å². The van der Waals surface area contributed by atoms with Crippen LogP contribution in [0, 0.1) is 6.92 Å². The molecule has 0 bridgehead atoms. The average Bonchev–Trinajstić information content (AvgIpc) is 2.95. The van der Waals surface area contributed by atoms with Crippen molar-refractivity contribution in [1.29, 1.82) is 0 Å². The summed E-state index contributed by atoms with van der Waals surface area (Å²) in [6, 6.07) is 5.78. The number of nitrogens with zero attached hydrogens (tertiary/aromatic N) is 2. The quantitative estimate of drug-likeness (QED) is 0.429. The van der Waals surface area contributed by atoms with Gasteiger partial charge in [0.1, 0.15) is 34.3 Å². The summed E-state index contributed by atoms with van der Waals surface area (Å²) in [7, 11) is -4.24. The van der Waals surface area contributed by atoms with Crippen LogP contribution in [0.1, 0.15) is 47.1 Å². The average molecular weight is 413 g/mol. The fraction of sp³-hybridized carbons (Fsp3) is 0.550. The minimum absolute atomic E-state index is 0.0292. The van der Waals surface area contributed by atoms with Gasteiger partial charge in [-0.25, -0.2) is 17.6 Å². The van der Waals surface area contributed by atoms with Gasteiger partial charge in [-0.1, -0.05) is 46.4 Å². The zero-order valence-corrected chi connectivity index (χ0v) is 19.4. The van der Waals surface area contributed by atoms with Gasteiger partial charge in [-0.2, -0.15) is 0 Å². The van der Waals surface area contributed by atoms with Crippen molar-refractivity contribution in [2.45, 2.75) is 70.3 Å². The number of aryl methyl sites for hydroxylation is 1. The number of hydrogen-bond donors (Lipinski definition) is 0. The maximum Gasteiger partial charge on any atom is 0.244 e. The maximum absolute atomic E-state index is 10.4. The minimum atomic E-state index is -4.27. The van der Waals surface area contributed by atoms with Gasteiger partial charge in [0.05, 0.1) is 4.90 Å². The van der Waals surface area contributed by atoms with E-state index in [0.717, 1.165) is 11.8 Å². The first-order chi connectivity index (χ1) is 12.1. The number of imidazole rings is 1. The molecule has 2 aromatic rings. The standard InChI is InChI=1S/C13H26N2P.C7H8O3S/c1-12(2,3)15-9-8-14(10-15)11-16(7)13(4,5)6;1-6-2-4-7(5-3-6)11(8,9)10/h8-10H,11H2,1-7H3;2-5H,1H3,(H,8,9,10)/q+1;/p-1. The summed E-state index contributed by atoms with van der Waals surface area (Å²) in [4.78, 5) is -0.178. The summed E-state index contributed by atoms with van der Waals surface area (Å²) < 4.78 is 35.8. The summed E-state index contributed by atoms with van der Waals surface area (Å²) in [5.41, 5.74) is 1.11. The van der Waals surface area contributed by atoms with Crippen LogP contribution in [-0.4, -0.2) is 29.4 Å². The van der Waals surface area contributed by atoms with Crippen LogP contribution in [0.4, 0.5) is 0 Å². The van der Waals surface area contributed by atoms with E-state index in [1.165, 1.54) is 12.1 Å². The second-order valence-corrected chi connectivity index (χ2v) is 13.2. The molecule has 0 saturated carbocycles. The Bertz CT molecular complexity index is 829. The SMILES string of the molecule is CP(Cn1cc[n+](C(C)(C)C)c1)C(C)(C)C.Cc1ccc(S(=O)(=O)[O-])cc1. The molecule has 152 valence electrons. The van der Waals surface area contributed by atoms with Gasteiger partial charge in [0.15, 0.2) is 0 Å². The highest BCUT2D eigenvalue weighted by Gasteiger charge is 2.24. The first kappa shape index (κ1) is 23.8. The first-order valence-corrected chi connectivity index (χ1v) is 12.3. The van der Waals surface area contributed by atoms with Gasteiger partial charge in [-0.05, 0) is 51.6 Å². The fourth-order valence-electron chi connectivity index (χ4n) is 2.04. The van der Waals surface area contributed by atoms with Crippen molar-refractivity contribution in [2.75, 3.05) is 6.66 Å². The Kier molecular flexibility index (Phi) is 7.80. The summed E-state index contributed by atoms with van der Waals surface area (Å²) in [6.07, 6.45) is 7.74. The van der Waals surface area contributed by atoms with Gasteiger partial charge in [0, 0.05) is 0 Å². The lowest BCUT2D eigenvalue weighted by Gasteiger charge is -2.26.